The highest BCUT2D eigenvalue weighted by Gasteiger charge is 2.03. The van der Waals surface area contributed by atoms with Gasteiger partial charge in [0.25, 0.3) is 0 Å². The van der Waals surface area contributed by atoms with Crippen molar-refractivity contribution in [2.45, 2.75) is 19.8 Å². The lowest BCUT2D eigenvalue weighted by molar-refractivity contribution is 0.321. The number of hydrogen-bond acceptors (Lipinski definition) is 4. The normalized spacial score (nSPS) is 11.3. The van der Waals surface area contributed by atoms with Gasteiger partial charge in [-0.3, -0.25) is 0 Å². The molecule has 0 atom stereocenters. The SMILES string of the molecule is COc1cc(OC)cc(OCCN=C(N)Nc2cccc(C(C)C)c2)c1. The molecule has 0 aliphatic heterocycles. The topological polar surface area (TPSA) is 78.1 Å². The Morgan fingerprint density at radius 1 is 1.04 bits per heavy atom. The first kappa shape index (κ1) is 19.4. The summed E-state index contributed by atoms with van der Waals surface area (Å²) in [5.41, 5.74) is 8.12. The molecule has 3 N–H and O–H groups in total. The van der Waals surface area contributed by atoms with Crippen molar-refractivity contribution in [3.63, 3.8) is 0 Å². The van der Waals surface area contributed by atoms with Crippen LogP contribution in [0.2, 0.25) is 0 Å². The third-order valence-electron chi connectivity index (χ3n) is 3.79. The number of rotatable bonds is 8. The van der Waals surface area contributed by atoms with Crippen LogP contribution in [0.1, 0.15) is 25.3 Å². The summed E-state index contributed by atoms with van der Waals surface area (Å²) in [6.45, 7) is 5.13. The molecule has 0 aliphatic rings. The molecule has 0 fully saturated rings. The Kier molecular flexibility index (Phi) is 7.14. The first-order valence-corrected chi connectivity index (χ1v) is 8.54. The van der Waals surface area contributed by atoms with E-state index in [9.17, 15) is 0 Å². The quantitative estimate of drug-likeness (QED) is 0.428. The van der Waals surface area contributed by atoms with E-state index in [-0.39, 0.29) is 0 Å². The van der Waals surface area contributed by atoms with Crippen LogP contribution in [-0.2, 0) is 0 Å². The molecule has 2 rings (SSSR count). The minimum atomic E-state index is 0.359. The van der Waals surface area contributed by atoms with Gasteiger partial charge in [-0.05, 0) is 23.6 Å². The van der Waals surface area contributed by atoms with Crippen molar-refractivity contribution in [3.05, 3.63) is 48.0 Å². The highest BCUT2D eigenvalue weighted by molar-refractivity contribution is 5.92. The molecular formula is C20H27N3O3. The molecule has 0 spiro atoms. The van der Waals surface area contributed by atoms with Gasteiger partial charge < -0.3 is 25.3 Å². The Morgan fingerprint density at radius 3 is 2.31 bits per heavy atom. The smallest absolute Gasteiger partial charge is 0.193 e. The first-order valence-electron chi connectivity index (χ1n) is 8.54. The molecule has 0 bridgehead atoms. The van der Waals surface area contributed by atoms with Crippen molar-refractivity contribution in [1.82, 2.24) is 0 Å². The Bertz CT molecular complexity index is 723. The van der Waals surface area contributed by atoms with E-state index < -0.39 is 0 Å². The van der Waals surface area contributed by atoms with E-state index in [0.29, 0.717) is 42.3 Å². The van der Waals surface area contributed by atoms with E-state index >= 15 is 0 Å². The summed E-state index contributed by atoms with van der Waals surface area (Å²) >= 11 is 0. The lowest BCUT2D eigenvalue weighted by Gasteiger charge is -2.11. The zero-order chi connectivity index (χ0) is 18.9. The summed E-state index contributed by atoms with van der Waals surface area (Å²) < 4.78 is 16.1. The molecule has 2 aromatic carbocycles. The van der Waals surface area contributed by atoms with Crippen LogP contribution in [0.3, 0.4) is 0 Å². The molecule has 26 heavy (non-hydrogen) atoms. The van der Waals surface area contributed by atoms with E-state index in [1.165, 1.54) is 5.56 Å². The number of nitrogens with two attached hydrogens (primary N) is 1. The molecule has 6 nitrogen and oxygen atoms in total. The fraction of sp³-hybridized carbons (Fsp3) is 0.350. The summed E-state index contributed by atoms with van der Waals surface area (Å²) in [5, 5.41) is 3.10. The van der Waals surface area contributed by atoms with Crippen LogP contribution in [0.4, 0.5) is 5.69 Å². The molecule has 140 valence electrons. The first-order chi connectivity index (χ1) is 12.5. The number of nitrogens with zero attached hydrogens (tertiary/aromatic N) is 1. The second kappa shape index (κ2) is 9.56. The maximum absolute atomic E-state index is 5.95. The third-order valence-corrected chi connectivity index (χ3v) is 3.79. The minimum Gasteiger partial charge on any atom is -0.496 e. The second-order valence-electron chi connectivity index (χ2n) is 6.07. The van der Waals surface area contributed by atoms with Crippen molar-refractivity contribution >= 4 is 11.6 Å². The lowest BCUT2D eigenvalue weighted by atomic mass is 10.0. The zero-order valence-corrected chi connectivity index (χ0v) is 15.8. The number of guanidine groups is 1. The van der Waals surface area contributed by atoms with Crippen LogP contribution >= 0.6 is 0 Å². The molecule has 0 aliphatic carbocycles. The molecular weight excluding hydrogens is 330 g/mol. The Hall–Kier alpha value is -2.89. The zero-order valence-electron chi connectivity index (χ0n) is 15.8. The summed E-state index contributed by atoms with van der Waals surface area (Å²) in [6.07, 6.45) is 0. The van der Waals surface area contributed by atoms with Gasteiger partial charge in [0, 0.05) is 23.9 Å². The largest absolute Gasteiger partial charge is 0.496 e. The fourth-order valence-corrected chi connectivity index (χ4v) is 2.36. The van der Waals surface area contributed by atoms with Gasteiger partial charge in [0.2, 0.25) is 0 Å². The van der Waals surface area contributed by atoms with Crippen molar-refractivity contribution in [3.8, 4) is 17.2 Å². The van der Waals surface area contributed by atoms with Gasteiger partial charge in [-0.2, -0.15) is 0 Å². The fourth-order valence-electron chi connectivity index (χ4n) is 2.36. The van der Waals surface area contributed by atoms with Crippen LogP contribution in [0.5, 0.6) is 17.2 Å². The van der Waals surface area contributed by atoms with E-state index in [1.807, 2.05) is 12.1 Å². The molecule has 6 heteroatoms. The maximum Gasteiger partial charge on any atom is 0.193 e. The third kappa shape index (κ3) is 5.88. The predicted octanol–water partition coefficient (Wildman–Crippen LogP) is 3.63. The number of hydrogen-bond donors (Lipinski definition) is 2. The number of methoxy groups -OCH3 is 2. The summed E-state index contributed by atoms with van der Waals surface area (Å²) in [6, 6.07) is 13.5. The van der Waals surface area contributed by atoms with E-state index in [0.717, 1.165) is 5.69 Å². The highest BCUT2D eigenvalue weighted by Crippen LogP contribution is 2.27. The molecule has 0 heterocycles. The summed E-state index contributed by atoms with van der Waals surface area (Å²) in [4.78, 5) is 4.29. The molecule has 0 saturated heterocycles. The number of benzene rings is 2. The lowest BCUT2D eigenvalue weighted by Crippen LogP contribution is -2.23. The van der Waals surface area contributed by atoms with Gasteiger partial charge in [0.05, 0.1) is 20.8 Å². The number of ether oxygens (including phenoxy) is 3. The average Bonchev–Trinajstić information content (AvgIpc) is 2.65. The van der Waals surface area contributed by atoms with Gasteiger partial charge in [0.15, 0.2) is 5.96 Å². The van der Waals surface area contributed by atoms with Crippen LogP contribution in [0.15, 0.2) is 47.5 Å². The van der Waals surface area contributed by atoms with Gasteiger partial charge in [-0.25, -0.2) is 4.99 Å². The molecule has 2 aromatic rings. The highest BCUT2D eigenvalue weighted by atomic mass is 16.5. The van der Waals surface area contributed by atoms with Crippen molar-refractivity contribution in [2.24, 2.45) is 10.7 Å². The number of nitrogens with one attached hydrogen (secondary N) is 1. The average molecular weight is 357 g/mol. The maximum atomic E-state index is 5.95. The Morgan fingerprint density at radius 2 is 1.69 bits per heavy atom. The monoisotopic (exact) mass is 357 g/mol. The number of anilines is 1. The Labute approximate surface area is 155 Å². The second-order valence-corrected chi connectivity index (χ2v) is 6.07. The van der Waals surface area contributed by atoms with E-state index in [4.69, 9.17) is 19.9 Å². The van der Waals surface area contributed by atoms with Crippen LogP contribution in [0.25, 0.3) is 0 Å². The molecule has 0 amide bonds. The van der Waals surface area contributed by atoms with Crippen molar-refractivity contribution in [2.75, 3.05) is 32.7 Å². The van der Waals surface area contributed by atoms with Crippen molar-refractivity contribution in [1.29, 1.82) is 0 Å². The summed E-state index contributed by atoms with van der Waals surface area (Å²) in [7, 11) is 3.20. The predicted molar refractivity (Wildman–Crippen MR) is 106 cm³/mol. The van der Waals surface area contributed by atoms with Crippen LogP contribution in [0, 0.1) is 0 Å². The van der Waals surface area contributed by atoms with E-state index in [2.05, 4.69) is 36.3 Å². The standard InChI is InChI=1S/C20H27N3O3/c1-14(2)15-6-5-7-16(10-15)23-20(21)22-8-9-26-19-12-17(24-3)11-18(13-19)25-4/h5-7,10-14H,8-9H2,1-4H3,(H3,21,22,23). The van der Waals surface area contributed by atoms with E-state index in [1.54, 1.807) is 32.4 Å². The molecule has 0 unspecified atom stereocenters. The molecule has 0 saturated carbocycles. The van der Waals surface area contributed by atoms with Gasteiger partial charge in [0.1, 0.15) is 23.9 Å². The summed E-state index contributed by atoms with van der Waals surface area (Å²) in [5.74, 6) is 2.83. The minimum absolute atomic E-state index is 0.359. The molecule has 0 radical (unpaired) electrons. The van der Waals surface area contributed by atoms with Crippen LogP contribution in [-0.4, -0.2) is 33.3 Å². The van der Waals surface area contributed by atoms with Gasteiger partial charge >= 0.3 is 0 Å². The molecule has 0 aromatic heterocycles. The van der Waals surface area contributed by atoms with Gasteiger partial charge in [-0.15, -0.1) is 0 Å². The van der Waals surface area contributed by atoms with Crippen LogP contribution < -0.4 is 25.3 Å². The number of aliphatic imine (C=N–C) groups is 1. The Balaban J connectivity index is 1.87. The van der Waals surface area contributed by atoms with Crippen molar-refractivity contribution < 1.29 is 14.2 Å². The van der Waals surface area contributed by atoms with Gasteiger partial charge in [-0.1, -0.05) is 26.0 Å².